The molecule has 0 heterocycles. The largest absolute Gasteiger partial charge is 0.450 e. The molecule has 0 N–H and O–H groups in total. The summed E-state index contributed by atoms with van der Waals surface area (Å²) in [6, 6.07) is 0. The summed E-state index contributed by atoms with van der Waals surface area (Å²) in [5.41, 5.74) is -3.80. The molecule has 0 aliphatic carbocycles. The highest BCUT2D eigenvalue weighted by molar-refractivity contribution is 6.32. The molecule has 0 aliphatic rings. The van der Waals surface area contributed by atoms with Gasteiger partial charge in [0.05, 0.1) is 0 Å². The molecule has 0 fully saturated rings. The third-order valence-electron chi connectivity index (χ3n) is 0.999. The quantitative estimate of drug-likeness (QED) is 0.301. The molecule has 0 aromatic carbocycles. The maximum absolute atomic E-state index is 11.6. The van der Waals surface area contributed by atoms with Crippen LogP contribution in [-0.4, -0.2) is 29.9 Å². The number of Topliss-reactive ketones (excluding diaryl/α,β-unsaturated/α-hetero) is 1. The highest BCUT2D eigenvalue weighted by atomic mass is 16.6. The molecule has 0 saturated heterocycles. The molecule has 0 atom stereocenters. The number of esters is 2. The summed E-state index contributed by atoms with van der Waals surface area (Å²) in [5.74, 6) is -0.466. The van der Waals surface area contributed by atoms with Crippen molar-refractivity contribution in [2.45, 2.75) is 33.1 Å². The monoisotopic (exact) mass is 235 g/mol. The molecule has 0 radical (unpaired) electrons. The number of carbonyl (C=O) groups is 3. The average molecular weight is 235 g/mol. The Morgan fingerprint density at radius 3 is 2.44 bits per heavy atom. The SMILES string of the molecule is [2H]C([2H])([2H])C(OC(=O)C#CCOC(=O)C(C)=O)(C([2H])([2H])[2H])C([2H])([2H])[2H]. The molecule has 0 bridgehead atoms. The fraction of sp³-hybridized carbons (Fsp3) is 0.545. The zero-order valence-corrected chi connectivity index (χ0v) is 8.25. The first-order chi connectivity index (χ1) is 11.0. The van der Waals surface area contributed by atoms with Gasteiger partial charge in [-0.05, 0) is 26.5 Å². The van der Waals surface area contributed by atoms with Crippen LogP contribution < -0.4 is 0 Å². The van der Waals surface area contributed by atoms with Gasteiger partial charge in [-0.15, -0.1) is 0 Å². The third-order valence-corrected chi connectivity index (χ3v) is 0.999. The average Bonchev–Trinajstić information content (AvgIpc) is 2.36. The van der Waals surface area contributed by atoms with Gasteiger partial charge >= 0.3 is 11.9 Å². The number of ether oxygens (including phenoxy) is 2. The fourth-order valence-electron chi connectivity index (χ4n) is 0.476. The van der Waals surface area contributed by atoms with E-state index in [0.717, 1.165) is 6.92 Å². The molecule has 0 aromatic heterocycles. The van der Waals surface area contributed by atoms with E-state index in [9.17, 15) is 14.4 Å². The third kappa shape index (κ3) is 7.56. The van der Waals surface area contributed by atoms with Gasteiger partial charge < -0.3 is 9.47 Å². The van der Waals surface area contributed by atoms with E-state index in [-0.39, 0.29) is 0 Å². The molecule has 0 saturated carbocycles. The van der Waals surface area contributed by atoms with Crippen molar-refractivity contribution in [2.75, 3.05) is 6.61 Å². The number of ketones is 1. The van der Waals surface area contributed by atoms with Gasteiger partial charge in [-0.25, -0.2) is 9.59 Å². The maximum Gasteiger partial charge on any atom is 0.384 e. The number of carbonyl (C=O) groups excluding carboxylic acids is 3. The molecule has 0 aliphatic heterocycles. The normalized spacial score (nSPS) is 20.4. The van der Waals surface area contributed by atoms with E-state index in [1.54, 1.807) is 5.92 Å². The van der Waals surface area contributed by atoms with Crippen molar-refractivity contribution in [1.82, 2.24) is 0 Å². The van der Waals surface area contributed by atoms with Crippen LogP contribution in [0.4, 0.5) is 0 Å². The van der Waals surface area contributed by atoms with E-state index in [1.165, 1.54) is 0 Å². The molecule has 0 unspecified atom stereocenters. The predicted molar refractivity (Wildman–Crippen MR) is 55.3 cm³/mol. The molecule has 0 rings (SSSR count). The lowest BCUT2D eigenvalue weighted by atomic mass is 10.2. The fourth-order valence-corrected chi connectivity index (χ4v) is 0.476. The Kier molecular flexibility index (Phi) is 1.85. The highest BCUT2D eigenvalue weighted by Gasteiger charge is 2.14. The van der Waals surface area contributed by atoms with Crippen LogP contribution in [0.1, 0.15) is 39.8 Å². The summed E-state index contributed by atoms with van der Waals surface area (Å²) in [4.78, 5) is 33.0. The van der Waals surface area contributed by atoms with E-state index >= 15 is 0 Å². The highest BCUT2D eigenvalue weighted by Crippen LogP contribution is 2.05. The summed E-state index contributed by atoms with van der Waals surface area (Å²) in [6.07, 6.45) is 0. The maximum atomic E-state index is 11.6. The van der Waals surface area contributed by atoms with Crippen LogP contribution in [0.2, 0.25) is 0 Å². The summed E-state index contributed by atoms with van der Waals surface area (Å²) in [5, 5.41) is 0. The van der Waals surface area contributed by atoms with Crippen molar-refractivity contribution < 1.29 is 36.2 Å². The predicted octanol–water partition coefficient (Wildman–Crippen LogP) is 0.464. The summed E-state index contributed by atoms with van der Waals surface area (Å²) >= 11 is 0. The molecular formula is C11H14O5. The zero-order valence-electron chi connectivity index (χ0n) is 17.2. The second kappa shape index (κ2) is 5.91. The van der Waals surface area contributed by atoms with Crippen LogP contribution in [0.25, 0.3) is 0 Å². The molecule has 5 nitrogen and oxygen atoms in total. The molecule has 88 valence electrons. The van der Waals surface area contributed by atoms with Gasteiger partial charge in [0.1, 0.15) is 5.60 Å². The Labute approximate surface area is 107 Å². The van der Waals surface area contributed by atoms with Crippen molar-refractivity contribution in [3.05, 3.63) is 0 Å². The smallest absolute Gasteiger partial charge is 0.384 e. The van der Waals surface area contributed by atoms with Gasteiger partial charge in [-0.1, -0.05) is 0 Å². The Hall–Kier alpha value is -1.83. The molecule has 0 aromatic rings. The van der Waals surface area contributed by atoms with Gasteiger partial charge in [-0.3, -0.25) is 4.79 Å². The molecule has 0 spiro atoms. The number of rotatable bonds is 2. The molecular weight excluding hydrogens is 212 g/mol. The standard InChI is InChI=1S/C11H14O5/c1-8(12)10(14)15-7-5-6-9(13)16-11(2,3)4/h7H2,1-4H3/i2D3,3D3,4D3. The first kappa shape index (κ1) is 5.00. The van der Waals surface area contributed by atoms with Crippen LogP contribution in [0.3, 0.4) is 0 Å². The van der Waals surface area contributed by atoms with Crippen LogP contribution >= 0.6 is 0 Å². The Morgan fingerprint density at radius 2 is 1.94 bits per heavy atom. The Bertz CT molecular complexity index is 567. The van der Waals surface area contributed by atoms with Crippen molar-refractivity contribution >= 4 is 17.7 Å². The first-order valence-corrected chi connectivity index (χ1v) is 3.87. The lowest BCUT2D eigenvalue weighted by molar-refractivity contribution is -0.151. The van der Waals surface area contributed by atoms with Crippen LogP contribution in [0, 0.1) is 11.8 Å². The van der Waals surface area contributed by atoms with Crippen molar-refractivity contribution in [2.24, 2.45) is 0 Å². The lowest BCUT2D eigenvalue weighted by Crippen LogP contribution is -2.22. The van der Waals surface area contributed by atoms with Gasteiger partial charge in [0.2, 0.25) is 5.78 Å². The van der Waals surface area contributed by atoms with Gasteiger partial charge in [0.15, 0.2) is 6.61 Å². The topological polar surface area (TPSA) is 69.7 Å². The number of hydrogen-bond donors (Lipinski definition) is 0. The van der Waals surface area contributed by atoms with Crippen LogP contribution in [0.5, 0.6) is 0 Å². The summed E-state index contributed by atoms with van der Waals surface area (Å²) in [6.45, 7) is -11.0. The summed E-state index contributed by atoms with van der Waals surface area (Å²) in [7, 11) is 0. The molecule has 0 amide bonds. The van der Waals surface area contributed by atoms with Crippen molar-refractivity contribution in [3.63, 3.8) is 0 Å². The first-order valence-electron chi connectivity index (χ1n) is 8.37. The van der Waals surface area contributed by atoms with E-state index in [1.807, 2.05) is 5.92 Å². The minimum absolute atomic E-state index is 0.754. The minimum atomic E-state index is -3.80. The van der Waals surface area contributed by atoms with E-state index in [4.69, 9.17) is 12.3 Å². The van der Waals surface area contributed by atoms with Crippen molar-refractivity contribution in [3.8, 4) is 11.8 Å². The second-order valence-corrected chi connectivity index (χ2v) is 2.50. The molecule has 5 heteroatoms. The Morgan fingerprint density at radius 1 is 1.31 bits per heavy atom. The van der Waals surface area contributed by atoms with Crippen LogP contribution in [-0.2, 0) is 23.9 Å². The second-order valence-electron chi connectivity index (χ2n) is 2.50. The van der Waals surface area contributed by atoms with E-state index in [0.29, 0.717) is 0 Å². The number of hydrogen-bond acceptors (Lipinski definition) is 5. The Balaban J connectivity index is 5.55. The zero-order chi connectivity index (χ0) is 20.3. The van der Waals surface area contributed by atoms with Crippen LogP contribution in [0.15, 0.2) is 0 Å². The lowest BCUT2D eigenvalue weighted by Gasteiger charge is -2.16. The van der Waals surface area contributed by atoms with Gasteiger partial charge in [0, 0.05) is 25.2 Å². The van der Waals surface area contributed by atoms with Gasteiger partial charge in [0.25, 0.3) is 0 Å². The van der Waals surface area contributed by atoms with E-state index < -0.39 is 50.5 Å². The van der Waals surface area contributed by atoms with Gasteiger partial charge in [-0.2, -0.15) is 0 Å². The minimum Gasteiger partial charge on any atom is -0.450 e. The van der Waals surface area contributed by atoms with E-state index in [2.05, 4.69) is 9.47 Å². The van der Waals surface area contributed by atoms with Crippen molar-refractivity contribution in [1.29, 1.82) is 0 Å². The molecule has 16 heavy (non-hydrogen) atoms. The summed E-state index contributed by atoms with van der Waals surface area (Å²) < 4.78 is 73.7.